The predicted octanol–water partition coefficient (Wildman–Crippen LogP) is 4.28. The molecule has 0 aromatic heterocycles. The maximum absolute atomic E-state index is 13.2. The number of anilines is 1. The lowest BCUT2D eigenvalue weighted by Crippen LogP contribution is -2.38. The number of fused-ring (bicyclic) bond motifs is 1. The average Bonchev–Trinajstić information content (AvgIpc) is 3.27. The van der Waals surface area contributed by atoms with Gasteiger partial charge in [-0.3, -0.25) is 19.8 Å². The number of allylic oxidation sites excluding steroid dienone is 3. The molecule has 2 aromatic rings. The number of halogens is 1. The maximum atomic E-state index is 13.2. The van der Waals surface area contributed by atoms with Gasteiger partial charge >= 0.3 is 0 Å². The molecule has 2 aliphatic heterocycles. The number of nitriles is 1. The molecule has 0 fully saturated rings. The van der Waals surface area contributed by atoms with E-state index in [1.807, 2.05) is 0 Å². The lowest BCUT2D eigenvalue weighted by molar-refractivity contribution is -0.384. The van der Waals surface area contributed by atoms with Crippen LogP contribution in [0.4, 0.5) is 11.4 Å². The summed E-state index contributed by atoms with van der Waals surface area (Å²) in [6, 6.07) is 11.5. The van der Waals surface area contributed by atoms with Gasteiger partial charge in [0.15, 0.2) is 17.3 Å². The van der Waals surface area contributed by atoms with Crippen LogP contribution in [0.25, 0.3) is 0 Å². The zero-order chi connectivity index (χ0) is 23.3. The zero-order valence-corrected chi connectivity index (χ0v) is 18.0. The highest BCUT2D eigenvalue weighted by Gasteiger charge is 2.41. The van der Waals surface area contributed by atoms with E-state index < -0.39 is 10.8 Å². The first-order valence-electron chi connectivity index (χ1n) is 10.2. The summed E-state index contributed by atoms with van der Waals surface area (Å²) in [5, 5.41) is 21.3. The summed E-state index contributed by atoms with van der Waals surface area (Å²) in [5.74, 6) is 0.509. The number of Topliss-reactive ketones (excluding diaryl/α,β-unsaturated/α-hetero) is 1. The molecule has 9 nitrogen and oxygen atoms in total. The highest BCUT2D eigenvalue weighted by molar-refractivity contribution is 6.33. The number of ether oxygens (including phenoxy) is 2. The minimum absolute atomic E-state index is 0.0813. The molecule has 3 aliphatic rings. The third kappa shape index (κ3) is 3.27. The second kappa shape index (κ2) is 7.83. The molecule has 10 heteroatoms. The van der Waals surface area contributed by atoms with Crippen LogP contribution in [0.15, 0.2) is 59.1 Å². The van der Waals surface area contributed by atoms with Crippen molar-refractivity contribution in [3.63, 3.8) is 0 Å². The minimum Gasteiger partial charge on any atom is -0.454 e. The lowest BCUT2D eigenvalue weighted by atomic mass is 9.75. The van der Waals surface area contributed by atoms with Crippen molar-refractivity contribution in [2.45, 2.75) is 25.2 Å². The van der Waals surface area contributed by atoms with Gasteiger partial charge in [0.05, 0.1) is 33.2 Å². The smallest absolute Gasteiger partial charge is 0.271 e. The molecule has 1 aliphatic carbocycles. The molecule has 0 saturated heterocycles. The summed E-state index contributed by atoms with van der Waals surface area (Å²) >= 11 is 6.40. The Morgan fingerprint density at radius 3 is 2.70 bits per heavy atom. The van der Waals surface area contributed by atoms with E-state index in [2.05, 4.69) is 6.07 Å². The summed E-state index contributed by atoms with van der Waals surface area (Å²) < 4.78 is 10.9. The van der Waals surface area contributed by atoms with Crippen molar-refractivity contribution < 1.29 is 19.2 Å². The molecule has 0 radical (unpaired) electrons. The van der Waals surface area contributed by atoms with Crippen LogP contribution >= 0.6 is 11.6 Å². The van der Waals surface area contributed by atoms with Gasteiger partial charge in [0.25, 0.3) is 5.69 Å². The number of nitro groups is 1. The largest absolute Gasteiger partial charge is 0.454 e. The Hall–Kier alpha value is -4.03. The van der Waals surface area contributed by atoms with Gasteiger partial charge < -0.3 is 15.2 Å². The molecule has 33 heavy (non-hydrogen) atoms. The van der Waals surface area contributed by atoms with Crippen LogP contribution in [-0.4, -0.2) is 17.5 Å². The molecular formula is C23H17ClN4O5. The molecule has 0 amide bonds. The molecule has 2 aromatic carbocycles. The first kappa shape index (κ1) is 20.8. The highest BCUT2D eigenvalue weighted by Crippen LogP contribution is 2.49. The van der Waals surface area contributed by atoms with Gasteiger partial charge in [0.1, 0.15) is 5.82 Å². The summed E-state index contributed by atoms with van der Waals surface area (Å²) in [6.45, 7) is 0.103. The fourth-order valence-electron chi connectivity index (χ4n) is 4.58. The number of nitrogens with zero attached hydrogens (tertiary/aromatic N) is 3. The van der Waals surface area contributed by atoms with E-state index in [-0.39, 0.29) is 34.7 Å². The molecule has 166 valence electrons. The Balaban J connectivity index is 1.71. The number of hydrogen-bond acceptors (Lipinski definition) is 8. The Kier molecular flexibility index (Phi) is 4.95. The van der Waals surface area contributed by atoms with E-state index in [1.165, 1.54) is 18.2 Å². The predicted molar refractivity (Wildman–Crippen MR) is 119 cm³/mol. The van der Waals surface area contributed by atoms with Crippen molar-refractivity contribution in [1.82, 2.24) is 0 Å². The van der Waals surface area contributed by atoms with Crippen molar-refractivity contribution >= 4 is 28.8 Å². The van der Waals surface area contributed by atoms with Crippen molar-refractivity contribution in [3.8, 4) is 17.6 Å². The maximum Gasteiger partial charge on any atom is 0.271 e. The van der Waals surface area contributed by atoms with Crippen molar-refractivity contribution in [2.24, 2.45) is 5.73 Å². The Morgan fingerprint density at radius 1 is 1.18 bits per heavy atom. The number of rotatable bonds is 3. The van der Waals surface area contributed by atoms with E-state index in [1.54, 1.807) is 23.1 Å². The molecule has 2 heterocycles. The van der Waals surface area contributed by atoms with E-state index >= 15 is 0 Å². The van der Waals surface area contributed by atoms with Gasteiger partial charge in [-0.2, -0.15) is 5.26 Å². The zero-order valence-electron chi connectivity index (χ0n) is 17.2. The van der Waals surface area contributed by atoms with Crippen LogP contribution < -0.4 is 20.1 Å². The lowest BCUT2D eigenvalue weighted by Gasteiger charge is -2.39. The fraction of sp³-hybridized carbons (Fsp3) is 0.217. The van der Waals surface area contributed by atoms with E-state index in [0.717, 1.165) is 0 Å². The number of nitro benzene ring substituents is 1. The molecule has 0 saturated carbocycles. The SMILES string of the molecule is N#CC1=C(N)N(c2ccc([N+](=O)[O-])cc2Cl)C2=C(C(=O)CCC2)C1c1ccc2c(c1)OCO2. The number of benzene rings is 2. The number of hydrogen-bond donors (Lipinski definition) is 1. The molecule has 0 spiro atoms. The second-order valence-corrected chi connectivity index (χ2v) is 8.23. The molecule has 1 unspecified atom stereocenters. The normalized spacial score (nSPS) is 19.5. The van der Waals surface area contributed by atoms with Gasteiger partial charge in [-0.15, -0.1) is 0 Å². The van der Waals surface area contributed by atoms with Crippen molar-refractivity contribution in [2.75, 3.05) is 11.7 Å². The van der Waals surface area contributed by atoms with Crippen molar-refractivity contribution in [1.29, 1.82) is 5.26 Å². The first-order chi connectivity index (χ1) is 15.9. The Labute approximate surface area is 193 Å². The van der Waals surface area contributed by atoms with Crippen LogP contribution in [0.1, 0.15) is 30.7 Å². The van der Waals surface area contributed by atoms with E-state index in [4.69, 9.17) is 26.8 Å². The van der Waals surface area contributed by atoms with Crippen LogP contribution in [0.5, 0.6) is 11.5 Å². The van der Waals surface area contributed by atoms with E-state index in [9.17, 15) is 20.2 Å². The summed E-state index contributed by atoms with van der Waals surface area (Å²) in [6.07, 6.45) is 1.50. The number of nitrogens with two attached hydrogens (primary N) is 1. The van der Waals surface area contributed by atoms with Gasteiger partial charge in [0.2, 0.25) is 6.79 Å². The fourth-order valence-corrected chi connectivity index (χ4v) is 4.84. The van der Waals surface area contributed by atoms with Gasteiger partial charge in [0, 0.05) is 29.8 Å². The summed E-state index contributed by atoms with van der Waals surface area (Å²) in [7, 11) is 0. The molecular weight excluding hydrogens is 448 g/mol. The van der Waals surface area contributed by atoms with E-state index in [0.29, 0.717) is 53.3 Å². The van der Waals surface area contributed by atoms with Gasteiger partial charge in [-0.25, -0.2) is 0 Å². The van der Waals surface area contributed by atoms with Crippen LogP contribution in [0.2, 0.25) is 5.02 Å². The van der Waals surface area contributed by atoms with Crippen LogP contribution in [0, 0.1) is 21.4 Å². The third-order valence-corrected chi connectivity index (χ3v) is 6.33. The molecule has 5 rings (SSSR count). The summed E-state index contributed by atoms with van der Waals surface area (Å²) in [4.78, 5) is 25.4. The Morgan fingerprint density at radius 2 is 1.97 bits per heavy atom. The number of carbonyl (C=O) groups is 1. The third-order valence-electron chi connectivity index (χ3n) is 6.03. The number of non-ortho nitro benzene ring substituents is 1. The monoisotopic (exact) mass is 464 g/mol. The van der Waals surface area contributed by atoms with Gasteiger partial charge in [-0.1, -0.05) is 17.7 Å². The Bertz CT molecular complexity index is 1330. The topological polar surface area (TPSA) is 132 Å². The first-order valence-corrected chi connectivity index (χ1v) is 10.6. The molecule has 0 bridgehead atoms. The van der Waals surface area contributed by atoms with Gasteiger partial charge in [-0.05, 0) is 36.6 Å². The molecule has 1 atom stereocenters. The standard InChI is InChI=1S/C23H17ClN4O5/c24-15-9-13(28(30)31)5-6-16(15)27-17-2-1-3-18(29)22(17)21(14(10-25)23(27)26)12-4-7-19-20(8-12)33-11-32-19/h4-9,21H,1-3,11,26H2. The minimum atomic E-state index is -0.666. The molecule has 2 N–H and O–H groups in total. The highest BCUT2D eigenvalue weighted by atomic mass is 35.5. The quantitative estimate of drug-likeness (QED) is 0.525. The van der Waals surface area contributed by atoms with Crippen molar-refractivity contribution in [3.05, 3.63) is 79.8 Å². The average molecular weight is 465 g/mol. The number of carbonyl (C=O) groups excluding carboxylic acids is 1. The van der Waals surface area contributed by atoms with Crippen LogP contribution in [-0.2, 0) is 4.79 Å². The second-order valence-electron chi connectivity index (χ2n) is 7.82. The summed E-state index contributed by atoms with van der Waals surface area (Å²) in [5.41, 5.74) is 8.71. The van der Waals surface area contributed by atoms with Crippen LogP contribution in [0.3, 0.4) is 0 Å². The number of ketones is 1.